The molecule has 7 aromatic carbocycles. The van der Waals surface area contributed by atoms with Gasteiger partial charge in [0.15, 0.2) is 0 Å². The summed E-state index contributed by atoms with van der Waals surface area (Å²) in [6, 6.07) is 54.4. The van der Waals surface area contributed by atoms with Crippen LogP contribution < -0.4 is 9.80 Å². The number of rotatable bonds is 4. The fourth-order valence-electron chi connectivity index (χ4n) is 9.45. The molecule has 0 saturated heterocycles. The third-order valence-corrected chi connectivity index (χ3v) is 13.5. The van der Waals surface area contributed by atoms with Crippen LogP contribution in [0.5, 0.6) is 0 Å². The third-order valence-electron chi connectivity index (χ3n) is 13.5. The van der Waals surface area contributed by atoms with Crippen LogP contribution >= 0.6 is 0 Å². The van der Waals surface area contributed by atoms with Gasteiger partial charge in [-0.2, -0.15) is 0 Å². The minimum atomic E-state index is -0.148. The van der Waals surface area contributed by atoms with Crippen molar-refractivity contribution in [2.45, 2.75) is 77.3 Å². The molecule has 52 heavy (non-hydrogen) atoms. The zero-order chi connectivity index (χ0) is 36.2. The van der Waals surface area contributed by atoms with Gasteiger partial charge in [-0.1, -0.05) is 137 Å². The third kappa shape index (κ3) is 4.30. The van der Waals surface area contributed by atoms with E-state index in [2.05, 4.69) is 211 Å². The van der Waals surface area contributed by atoms with Crippen molar-refractivity contribution < 1.29 is 0 Å². The van der Waals surface area contributed by atoms with Gasteiger partial charge < -0.3 is 9.80 Å². The van der Waals surface area contributed by atoms with Crippen LogP contribution in [0.2, 0.25) is 0 Å². The Morgan fingerprint density at radius 1 is 0.346 bits per heavy atom. The van der Waals surface area contributed by atoms with Gasteiger partial charge in [0.2, 0.25) is 0 Å². The van der Waals surface area contributed by atoms with Gasteiger partial charge >= 0.3 is 0 Å². The van der Waals surface area contributed by atoms with Crippen LogP contribution in [0, 0.1) is 0 Å². The molecule has 7 aromatic rings. The van der Waals surface area contributed by atoms with Crippen molar-refractivity contribution in [3.63, 3.8) is 0 Å². The summed E-state index contributed by atoms with van der Waals surface area (Å²) in [7, 11) is 0. The lowest BCUT2D eigenvalue weighted by molar-refractivity contribution is 0.330. The average Bonchev–Trinajstić information content (AvgIpc) is 3.41. The van der Waals surface area contributed by atoms with E-state index in [1.54, 1.807) is 0 Å². The van der Waals surface area contributed by atoms with E-state index in [1.807, 2.05) is 0 Å². The Kier molecular flexibility index (Phi) is 6.94. The second-order valence-corrected chi connectivity index (χ2v) is 17.0. The Balaban J connectivity index is 1.39. The maximum Gasteiger partial charge on any atom is 0.0487 e. The Bertz CT molecular complexity index is 2380. The summed E-state index contributed by atoms with van der Waals surface area (Å²) >= 11 is 0. The molecule has 0 bridgehead atoms. The number of nitrogens with zero attached hydrogens (tertiary/aromatic N) is 2. The van der Waals surface area contributed by atoms with Gasteiger partial charge in [0, 0.05) is 44.7 Å². The Morgan fingerprint density at radius 3 is 1.10 bits per heavy atom. The molecule has 0 spiro atoms. The van der Waals surface area contributed by atoms with Gasteiger partial charge in [0.05, 0.1) is 0 Å². The Morgan fingerprint density at radius 2 is 0.692 bits per heavy atom. The van der Waals surface area contributed by atoms with Crippen molar-refractivity contribution in [3.05, 3.63) is 157 Å². The van der Waals surface area contributed by atoms with E-state index < -0.39 is 0 Å². The van der Waals surface area contributed by atoms with Crippen LogP contribution in [-0.4, -0.2) is 11.1 Å². The molecule has 2 aliphatic heterocycles. The second kappa shape index (κ2) is 11.1. The van der Waals surface area contributed by atoms with Gasteiger partial charge in [0.25, 0.3) is 0 Å². The molecule has 0 aliphatic carbocycles. The second-order valence-electron chi connectivity index (χ2n) is 17.0. The first-order chi connectivity index (χ1) is 24.9. The van der Waals surface area contributed by atoms with Gasteiger partial charge in [-0.15, -0.1) is 0 Å². The molecular weight excluding hydrogens is 629 g/mol. The Hall–Kier alpha value is -5.34. The van der Waals surface area contributed by atoms with Crippen LogP contribution in [0.25, 0.3) is 43.8 Å². The van der Waals surface area contributed by atoms with Crippen LogP contribution in [0.3, 0.4) is 0 Å². The maximum absolute atomic E-state index is 2.59. The normalized spacial score (nSPS) is 17.8. The zero-order valence-corrected chi connectivity index (χ0v) is 31.8. The van der Waals surface area contributed by atoms with Gasteiger partial charge in [-0.25, -0.2) is 0 Å². The van der Waals surface area contributed by atoms with Crippen LogP contribution in [0.4, 0.5) is 22.7 Å². The molecule has 2 aliphatic rings. The lowest BCUT2D eigenvalue weighted by Crippen LogP contribution is -2.48. The molecular formula is C50H48N2. The summed E-state index contributed by atoms with van der Waals surface area (Å²) in [6.07, 6.45) is 0. The number of para-hydroxylation sites is 2. The van der Waals surface area contributed by atoms with Crippen LogP contribution in [0.15, 0.2) is 146 Å². The van der Waals surface area contributed by atoms with E-state index in [1.165, 1.54) is 77.7 Å². The molecule has 0 radical (unpaired) electrons. The molecule has 2 heterocycles. The predicted molar refractivity (Wildman–Crippen MR) is 224 cm³/mol. The van der Waals surface area contributed by atoms with Crippen molar-refractivity contribution in [2.75, 3.05) is 9.80 Å². The van der Waals surface area contributed by atoms with Crippen LogP contribution in [-0.2, 0) is 10.8 Å². The molecule has 0 atom stereocenters. The monoisotopic (exact) mass is 676 g/mol. The van der Waals surface area contributed by atoms with E-state index >= 15 is 0 Å². The molecule has 0 amide bonds. The van der Waals surface area contributed by atoms with E-state index in [4.69, 9.17) is 0 Å². The van der Waals surface area contributed by atoms with E-state index in [9.17, 15) is 0 Å². The topological polar surface area (TPSA) is 6.48 Å². The van der Waals surface area contributed by atoms with E-state index in [0.29, 0.717) is 0 Å². The summed E-state index contributed by atoms with van der Waals surface area (Å²) in [5.74, 6) is 0. The highest BCUT2D eigenvalue weighted by Crippen LogP contribution is 2.57. The SMILES string of the molecule is CC1(C)c2ccccc2N(c2ccc3c(-c4ccccc4)c4ccc(N5c6ccccc6C(C)(C)C5(C)C)cc4c(-c4ccccc4)c3c2)C1(C)C. The standard InChI is InChI=1S/C50H48N2/c1-47(2)41-23-15-17-25-43(41)51(49(47,5)6)35-27-29-37-39(31-35)46(34-21-13-10-14-22-34)40-32-36(28-30-38(40)45(37)33-19-11-9-12-20-33)52-44-26-18-16-24-42(44)48(3,4)50(52,7)8/h9-32H,1-8H3. The van der Waals surface area contributed by atoms with Crippen molar-refractivity contribution in [2.24, 2.45) is 0 Å². The van der Waals surface area contributed by atoms with E-state index in [-0.39, 0.29) is 21.9 Å². The highest BCUT2D eigenvalue weighted by Gasteiger charge is 2.52. The van der Waals surface area contributed by atoms with Gasteiger partial charge in [-0.05, 0) is 119 Å². The molecule has 0 fully saturated rings. The fraction of sp³-hybridized carbons (Fsp3) is 0.240. The molecule has 0 N–H and O–H groups in total. The maximum atomic E-state index is 2.59. The summed E-state index contributed by atoms with van der Waals surface area (Å²) < 4.78 is 0. The first-order valence-corrected chi connectivity index (χ1v) is 18.8. The van der Waals surface area contributed by atoms with Crippen molar-refractivity contribution in [3.8, 4) is 22.3 Å². The van der Waals surface area contributed by atoms with Gasteiger partial charge in [0.1, 0.15) is 0 Å². The average molecular weight is 677 g/mol. The van der Waals surface area contributed by atoms with Crippen molar-refractivity contribution >= 4 is 44.3 Å². The molecule has 258 valence electrons. The minimum Gasteiger partial charge on any atom is -0.335 e. The molecule has 0 aromatic heterocycles. The molecule has 0 unspecified atom stereocenters. The minimum absolute atomic E-state index is 0.0408. The number of benzene rings is 7. The molecule has 0 saturated carbocycles. The first-order valence-electron chi connectivity index (χ1n) is 18.8. The lowest BCUT2D eigenvalue weighted by atomic mass is 9.72. The highest BCUT2D eigenvalue weighted by atomic mass is 15.2. The molecule has 2 heteroatoms. The summed E-state index contributed by atoms with van der Waals surface area (Å²) in [5, 5.41) is 5.08. The summed E-state index contributed by atoms with van der Waals surface area (Å²) in [4.78, 5) is 5.18. The van der Waals surface area contributed by atoms with Crippen molar-refractivity contribution in [1.29, 1.82) is 0 Å². The quantitative estimate of drug-likeness (QED) is 0.171. The molecule has 2 nitrogen and oxygen atoms in total. The summed E-state index contributed by atoms with van der Waals surface area (Å²) in [6.45, 7) is 19.2. The first kappa shape index (κ1) is 32.6. The highest BCUT2D eigenvalue weighted by molar-refractivity contribution is 6.22. The number of fused-ring (bicyclic) bond motifs is 4. The number of hydrogen-bond acceptors (Lipinski definition) is 2. The van der Waals surface area contributed by atoms with Gasteiger partial charge in [-0.3, -0.25) is 0 Å². The van der Waals surface area contributed by atoms with Crippen LogP contribution in [0.1, 0.15) is 66.5 Å². The predicted octanol–water partition coefficient (Wildman–Crippen LogP) is 13.7. The fourth-order valence-corrected chi connectivity index (χ4v) is 9.45. The smallest absolute Gasteiger partial charge is 0.0487 e. The molecule has 9 rings (SSSR count). The number of anilines is 4. The number of hydrogen-bond donors (Lipinski definition) is 0. The van der Waals surface area contributed by atoms with E-state index in [0.717, 1.165) is 0 Å². The lowest BCUT2D eigenvalue weighted by Gasteiger charge is -2.43. The summed E-state index contributed by atoms with van der Waals surface area (Å²) in [5.41, 5.74) is 12.5. The Labute approximate surface area is 309 Å². The van der Waals surface area contributed by atoms with Crippen molar-refractivity contribution in [1.82, 2.24) is 0 Å². The zero-order valence-electron chi connectivity index (χ0n) is 31.8. The largest absolute Gasteiger partial charge is 0.335 e.